The minimum absolute atomic E-state index is 0.161. The Morgan fingerprint density at radius 1 is 1.30 bits per heavy atom. The first-order chi connectivity index (χ1) is 9.21. The average molecular weight is 280 g/mol. The van der Waals surface area contributed by atoms with Crippen molar-refractivity contribution in [2.24, 2.45) is 0 Å². The fourth-order valence-corrected chi connectivity index (χ4v) is 2.32. The molecule has 4 heteroatoms. The SMILES string of the molecule is COc1c(C2(C(=O)OC(C)(C)C)CC2)ccc(C)c1F. The topological polar surface area (TPSA) is 35.5 Å². The lowest BCUT2D eigenvalue weighted by molar-refractivity contribution is -0.158. The zero-order valence-corrected chi connectivity index (χ0v) is 12.7. The van der Waals surface area contributed by atoms with Crippen LogP contribution in [0.2, 0.25) is 0 Å². The normalized spacial score (nSPS) is 16.7. The fourth-order valence-electron chi connectivity index (χ4n) is 2.32. The van der Waals surface area contributed by atoms with Crippen molar-refractivity contribution in [2.75, 3.05) is 7.11 Å². The Balaban J connectivity index is 2.41. The van der Waals surface area contributed by atoms with Crippen molar-refractivity contribution >= 4 is 5.97 Å². The van der Waals surface area contributed by atoms with Crippen LogP contribution in [0.1, 0.15) is 44.7 Å². The minimum Gasteiger partial charge on any atom is -0.493 e. The van der Waals surface area contributed by atoms with E-state index in [0.717, 1.165) is 0 Å². The van der Waals surface area contributed by atoms with Crippen molar-refractivity contribution in [3.8, 4) is 5.75 Å². The van der Waals surface area contributed by atoms with Gasteiger partial charge in [-0.05, 0) is 46.1 Å². The molecule has 0 radical (unpaired) electrons. The number of hydrogen-bond acceptors (Lipinski definition) is 3. The average Bonchev–Trinajstić information content (AvgIpc) is 3.11. The van der Waals surface area contributed by atoms with Gasteiger partial charge in [0, 0.05) is 5.56 Å². The van der Waals surface area contributed by atoms with Crippen molar-refractivity contribution < 1.29 is 18.7 Å². The van der Waals surface area contributed by atoms with Crippen LogP contribution < -0.4 is 4.74 Å². The molecular weight excluding hydrogens is 259 g/mol. The molecule has 0 N–H and O–H groups in total. The first-order valence-corrected chi connectivity index (χ1v) is 6.78. The molecule has 110 valence electrons. The maximum absolute atomic E-state index is 14.1. The van der Waals surface area contributed by atoms with Gasteiger partial charge in [-0.15, -0.1) is 0 Å². The predicted molar refractivity (Wildman–Crippen MR) is 74.4 cm³/mol. The zero-order chi connectivity index (χ0) is 15.1. The summed E-state index contributed by atoms with van der Waals surface area (Å²) >= 11 is 0. The molecule has 0 heterocycles. The molecule has 0 unspecified atom stereocenters. The van der Waals surface area contributed by atoms with Gasteiger partial charge in [-0.3, -0.25) is 4.79 Å². The Bertz CT molecular complexity index is 539. The van der Waals surface area contributed by atoms with Crippen LogP contribution in [0.3, 0.4) is 0 Å². The number of benzene rings is 1. The van der Waals surface area contributed by atoms with E-state index in [1.807, 2.05) is 20.8 Å². The van der Waals surface area contributed by atoms with Gasteiger partial charge in [-0.1, -0.05) is 12.1 Å². The largest absolute Gasteiger partial charge is 0.493 e. The summed E-state index contributed by atoms with van der Waals surface area (Å²) in [6.45, 7) is 7.16. The molecule has 1 aromatic rings. The van der Waals surface area contributed by atoms with E-state index in [1.165, 1.54) is 7.11 Å². The van der Waals surface area contributed by atoms with Crippen molar-refractivity contribution in [1.82, 2.24) is 0 Å². The number of hydrogen-bond donors (Lipinski definition) is 0. The molecular formula is C16H21FO3. The molecule has 0 bridgehead atoms. The molecule has 0 atom stereocenters. The summed E-state index contributed by atoms with van der Waals surface area (Å²) in [7, 11) is 1.42. The maximum Gasteiger partial charge on any atom is 0.317 e. The zero-order valence-electron chi connectivity index (χ0n) is 12.7. The van der Waals surface area contributed by atoms with Gasteiger partial charge in [0.2, 0.25) is 0 Å². The molecule has 1 aliphatic rings. The summed E-state index contributed by atoms with van der Waals surface area (Å²) in [6, 6.07) is 3.45. The molecule has 1 fully saturated rings. The smallest absolute Gasteiger partial charge is 0.317 e. The third-order valence-corrected chi connectivity index (χ3v) is 3.55. The molecule has 0 spiro atoms. The Hall–Kier alpha value is -1.58. The molecule has 0 saturated heterocycles. The van der Waals surface area contributed by atoms with Crippen LogP contribution in [0.4, 0.5) is 4.39 Å². The summed E-state index contributed by atoms with van der Waals surface area (Å²) in [6.07, 6.45) is 1.33. The van der Waals surface area contributed by atoms with E-state index in [4.69, 9.17) is 9.47 Å². The van der Waals surface area contributed by atoms with Gasteiger partial charge in [0.15, 0.2) is 11.6 Å². The maximum atomic E-state index is 14.1. The van der Waals surface area contributed by atoms with E-state index < -0.39 is 16.8 Å². The fraction of sp³-hybridized carbons (Fsp3) is 0.562. The highest BCUT2D eigenvalue weighted by molar-refractivity contribution is 5.88. The Morgan fingerprint density at radius 3 is 2.35 bits per heavy atom. The molecule has 1 saturated carbocycles. The summed E-state index contributed by atoms with van der Waals surface area (Å²) in [5, 5.41) is 0. The highest BCUT2D eigenvalue weighted by atomic mass is 19.1. The van der Waals surface area contributed by atoms with E-state index in [-0.39, 0.29) is 11.7 Å². The van der Waals surface area contributed by atoms with E-state index in [0.29, 0.717) is 24.0 Å². The first-order valence-electron chi connectivity index (χ1n) is 6.78. The number of carbonyl (C=O) groups excluding carboxylic acids is 1. The van der Waals surface area contributed by atoms with Crippen LogP contribution >= 0.6 is 0 Å². The van der Waals surface area contributed by atoms with Crippen molar-refractivity contribution in [1.29, 1.82) is 0 Å². The first kappa shape index (κ1) is 14.8. The number of methoxy groups -OCH3 is 1. The predicted octanol–water partition coefficient (Wildman–Crippen LogP) is 3.52. The number of ether oxygens (including phenoxy) is 2. The van der Waals surface area contributed by atoms with Crippen LogP contribution in [0.25, 0.3) is 0 Å². The Kier molecular flexibility index (Phi) is 3.53. The van der Waals surface area contributed by atoms with Crippen molar-refractivity contribution in [3.63, 3.8) is 0 Å². The van der Waals surface area contributed by atoms with E-state index >= 15 is 0 Å². The monoisotopic (exact) mass is 280 g/mol. The number of carbonyl (C=O) groups is 1. The lowest BCUT2D eigenvalue weighted by Gasteiger charge is -2.25. The Morgan fingerprint density at radius 2 is 1.90 bits per heavy atom. The molecule has 0 aliphatic heterocycles. The third-order valence-electron chi connectivity index (χ3n) is 3.55. The molecule has 0 aromatic heterocycles. The van der Waals surface area contributed by atoms with E-state index in [2.05, 4.69) is 0 Å². The lowest BCUT2D eigenvalue weighted by Crippen LogP contribution is -2.32. The van der Waals surface area contributed by atoms with E-state index in [9.17, 15) is 9.18 Å². The second-order valence-corrected chi connectivity index (χ2v) is 6.36. The Labute approximate surface area is 119 Å². The van der Waals surface area contributed by atoms with Crippen molar-refractivity contribution in [2.45, 2.75) is 51.6 Å². The molecule has 1 aliphatic carbocycles. The molecule has 2 rings (SSSR count). The van der Waals surface area contributed by atoms with Crippen LogP contribution in [0.15, 0.2) is 12.1 Å². The molecule has 1 aromatic carbocycles. The number of esters is 1. The second-order valence-electron chi connectivity index (χ2n) is 6.36. The summed E-state index contributed by atoms with van der Waals surface area (Å²) in [5.74, 6) is -0.542. The highest BCUT2D eigenvalue weighted by Crippen LogP contribution is 2.53. The van der Waals surface area contributed by atoms with Gasteiger partial charge in [-0.25, -0.2) is 4.39 Å². The van der Waals surface area contributed by atoms with E-state index in [1.54, 1.807) is 19.1 Å². The standard InChI is InChI=1S/C16H21FO3/c1-10-6-7-11(13(19-5)12(10)17)16(8-9-16)14(18)20-15(2,3)4/h6-7H,8-9H2,1-5H3. The summed E-state index contributed by atoms with van der Waals surface area (Å²) in [4.78, 5) is 12.4. The summed E-state index contributed by atoms with van der Waals surface area (Å²) < 4.78 is 24.8. The third kappa shape index (κ3) is 2.51. The van der Waals surface area contributed by atoms with Crippen LogP contribution in [0, 0.1) is 12.7 Å². The quantitative estimate of drug-likeness (QED) is 0.795. The lowest BCUT2D eigenvalue weighted by atomic mass is 9.93. The number of aryl methyl sites for hydroxylation is 1. The second kappa shape index (κ2) is 4.76. The molecule has 3 nitrogen and oxygen atoms in total. The molecule has 20 heavy (non-hydrogen) atoms. The van der Waals surface area contributed by atoms with Gasteiger partial charge in [0.25, 0.3) is 0 Å². The minimum atomic E-state index is -0.743. The van der Waals surface area contributed by atoms with Gasteiger partial charge in [0.1, 0.15) is 5.60 Å². The highest BCUT2D eigenvalue weighted by Gasteiger charge is 2.55. The van der Waals surface area contributed by atoms with Crippen molar-refractivity contribution in [3.05, 3.63) is 29.1 Å². The van der Waals surface area contributed by atoms with Gasteiger partial charge in [0.05, 0.1) is 12.5 Å². The molecule has 0 amide bonds. The van der Waals surface area contributed by atoms with Gasteiger partial charge < -0.3 is 9.47 Å². The van der Waals surface area contributed by atoms with Crippen LogP contribution in [-0.4, -0.2) is 18.7 Å². The number of rotatable bonds is 3. The van der Waals surface area contributed by atoms with Crippen LogP contribution in [0.5, 0.6) is 5.75 Å². The number of halogens is 1. The van der Waals surface area contributed by atoms with Gasteiger partial charge in [-0.2, -0.15) is 0 Å². The summed E-state index contributed by atoms with van der Waals surface area (Å²) in [5.41, 5.74) is -0.195. The van der Waals surface area contributed by atoms with Gasteiger partial charge >= 0.3 is 5.97 Å². The van der Waals surface area contributed by atoms with Crippen LogP contribution in [-0.2, 0) is 14.9 Å².